The number of nitrogens with zero attached hydrogens (tertiary/aromatic N) is 5. The molecule has 1 aliphatic carbocycles. The van der Waals surface area contributed by atoms with E-state index in [1.165, 1.54) is 17.5 Å². The van der Waals surface area contributed by atoms with Gasteiger partial charge in [0.25, 0.3) is 10.2 Å². The quantitative estimate of drug-likeness (QED) is 0.535. The normalized spacial score (nSPS) is 17.9. The maximum atomic E-state index is 13.8. The van der Waals surface area contributed by atoms with Gasteiger partial charge < -0.3 is 9.64 Å². The van der Waals surface area contributed by atoms with Crippen LogP contribution in [0, 0.1) is 11.6 Å². The van der Waals surface area contributed by atoms with Crippen molar-refractivity contribution in [2.75, 3.05) is 51.3 Å². The third-order valence-corrected chi connectivity index (χ3v) is 8.28. The second kappa shape index (κ2) is 10.5. The molecule has 0 bridgehead atoms. The van der Waals surface area contributed by atoms with E-state index < -0.39 is 34.1 Å². The van der Waals surface area contributed by atoms with Gasteiger partial charge in [-0.1, -0.05) is 0 Å². The average molecular weight is 516 g/mol. The summed E-state index contributed by atoms with van der Waals surface area (Å²) in [6, 6.07) is 2.72. The summed E-state index contributed by atoms with van der Waals surface area (Å²) in [5, 5.41) is 4.13. The Bertz CT molecular complexity index is 1190. The zero-order valence-corrected chi connectivity index (χ0v) is 20.2. The van der Waals surface area contributed by atoms with Gasteiger partial charge in [0, 0.05) is 45.8 Å². The number of anilines is 1. The van der Waals surface area contributed by atoms with E-state index >= 15 is 0 Å². The smallest absolute Gasteiger partial charge is 0.316 e. The Labute approximate surface area is 201 Å². The van der Waals surface area contributed by atoms with Crippen molar-refractivity contribution in [1.82, 2.24) is 18.4 Å². The van der Waals surface area contributed by atoms with Crippen LogP contribution in [0.15, 0.2) is 29.2 Å². The Morgan fingerprint density at radius 2 is 1.71 bits per heavy atom. The molecule has 2 aromatic rings. The Balaban J connectivity index is 1.63. The van der Waals surface area contributed by atoms with Gasteiger partial charge in [-0.15, -0.1) is 0 Å². The number of hydrogen-bond acceptors (Lipinski definition) is 6. The van der Waals surface area contributed by atoms with Crippen LogP contribution in [-0.2, 0) is 10.2 Å². The van der Waals surface area contributed by atoms with Gasteiger partial charge in [0.1, 0.15) is 24.0 Å². The standard InChI is InChI=1S/C22H28F3N5O4S/c1-27(7-6-23)35(32,33)29-10-8-28(9-11-29)20-15-26-30(18-13-16(24)12-17(25)14-18)22(31)21(20)34-19-4-2-3-5-19/h12-15,19H,2-11H2,1H3. The lowest BCUT2D eigenvalue weighted by Crippen LogP contribution is -2.53. The number of alkyl halides is 1. The first-order valence-electron chi connectivity index (χ1n) is 11.5. The Morgan fingerprint density at radius 3 is 2.31 bits per heavy atom. The number of benzene rings is 1. The summed E-state index contributed by atoms with van der Waals surface area (Å²) >= 11 is 0. The van der Waals surface area contributed by atoms with E-state index in [2.05, 4.69) is 5.10 Å². The Morgan fingerprint density at radius 1 is 1.09 bits per heavy atom. The first kappa shape index (κ1) is 25.5. The maximum Gasteiger partial charge on any atom is 0.316 e. The molecule has 1 aromatic carbocycles. The average Bonchev–Trinajstić information content (AvgIpc) is 3.33. The summed E-state index contributed by atoms with van der Waals surface area (Å²) in [5.74, 6) is -1.67. The van der Waals surface area contributed by atoms with Gasteiger partial charge in [-0.05, 0) is 37.8 Å². The van der Waals surface area contributed by atoms with E-state index in [1.807, 2.05) is 0 Å². The zero-order valence-electron chi connectivity index (χ0n) is 19.4. The number of piperazine rings is 1. The molecule has 1 saturated heterocycles. The maximum absolute atomic E-state index is 13.8. The second-order valence-electron chi connectivity index (χ2n) is 8.63. The molecular weight excluding hydrogens is 487 g/mol. The van der Waals surface area contributed by atoms with Crippen LogP contribution in [0.2, 0.25) is 0 Å². The highest BCUT2D eigenvalue weighted by Crippen LogP contribution is 2.30. The van der Waals surface area contributed by atoms with Gasteiger partial charge in [0.15, 0.2) is 0 Å². The van der Waals surface area contributed by atoms with Crippen molar-refractivity contribution < 1.29 is 26.3 Å². The predicted octanol–water partition coefficient (Wildman–Crippen LogP) is 2.10. The second-order valence-corrected chi connectivity index (χ2v) is 10.7. The van der Waals surface area contributed by atoms with Gasteiger partial charge >= 0.3 is 5.56 Å². The SMILES string of the molecule is CN(CCF)S(=O)(=O)N1CCN(c2cnn(-c3cc(F)cc(F)c3)c(=O)c2OC2CCCC2)CC1. The van der Waals surface area contributed by atoms with Crippen molar-refractivity contribution in [3.8, 4) is 11.4 Å². The molecule has 13 heteroatoms. The number of halogens is 3. The van der Waals surface area contributed by atoms with E-state index in [1.54, 1.807) is 4.90 Å². The van der Waals surface area contributed by atoms with Crippen molar-refractivity contribution in [1.29, 1.82) is 0 Å². The van der Waals surface area contributed by atoms with E-state index in [9.17, 15) is 26.4 Å². The molecule has 35 heavy (non-hydrogen) atoms. The largest absolute Gasteiger partial charge is 0.483 e. The molecule has 0 atom stereocenters. The first-order valence-corrected chi connectivity index (χ1v) is 12.9. The summed E-state index contributed by atoms with van der Waals surface area (Å²) in [6.45, 7) is -0.258. The number of rotatable bonds is 8. The Hall–Kier alpha value is -2.64. The minimum atomic E-state index is -3.80. The number of aromatic nitrogens is 2. The molecule has 9 nitrogen and oxygen atoms in total. The van der Waals surface area contributed by atoms with E-state index in [0.717, 1.165) is 46.8 Å². The van der Waals surface area contributed by atoms with Crippen LogP contribution in [0.5, 0.6) is 5.75 Å². The van der Waals surface area contributed by atoms with Crippen LogP contribution < -0.4 is 15.2 Å². The molecule has 2 aliphatic rings. The van der Waals surface area contributed by atoms with Crippen molar-refractivity contribution >= 4 is 15.9 Å². The molecule has 0 amide bonds. The van der Waals surface area contributed by atoms with Gasteiger partial charge in [-0.3, -0.25) is 4.79 Å². The molecule has 0 N–H and O–H groups in total. The summed E-state index contributed by atoms with van der Waals surface area (Å²) in [7, 11) is -2.47. The molecule has 0 radical (unpaired) electrons. The van der Waals surface area contributed by atoms with Crippen molar-refractivity contribution in [3.63, 3.8) is 0 Å². The summed E-state index contributed by atoms with van der Waals surface area (Å²) in [4.78, 5) is 15.2. The van der Waals surface area contributed by atoms with Crippen LogP contribution in [0.4, 0.5) is 18.9 Å². The highest BCUT2D eigenvalue weighted by Gasteiger charge is 2.32. The molecule has 0 spiro atoms. The van der Waals surface area contributed by atoms with Crippen LogP contribution in [0.3, 0.4) is 0 Å². The molecule has 192 valence electrons. The molecule has 4 rings (SSSR count). The third-order valence-electron chi connectivity index (χ3n) is 6.29. The molecule has 2 heterocycles. The fourth-order valence-corrected chi connectivity index (χ4v) is 5.69. The third kappa shape index (κ3) is 5.46. The monoisotopic (exact) mass is 515 g/mol. The molecule has 0 unspecified atom stereocenters. The van der Waals surface area contributed by atoms with E-state index in [-0.39, 0.29) is 50.3 Å². The fourth-order valence-electron chi connectivity index (χ4n) is 4.37. The lowest BCUT2D eigenvalue weighted by Gasteiger charge is -2.37. The minimum Gasteiger partial charge on any atom is -0.483 e. The lowest BCUT2D eigenvalue weighted by molar-refractivity contribution is 0.205. The first-order chi connectivity index (χ1) is 16.7. The van der Waals surface area contributed by atoms with E-state index in [0.29, 0.717) is 11.8 Å². The summed E-state index contributed by atoms with van der Waals surface area (Å²) < 4.78 is 74.7. The fraction of sp³-hybridized carbons (Fsp3) is 0.545. The number of ether oxygens (including phenoxy) is 1. The molecule has 1 aromatic heterocycles. The highest BCUT2D eigenvalue weighted by molar-refractivity contribution is 7.86. The lowest BCUT2D eigenvalue weighted by atomic mass is 10.2. The van der Waals surface area contributed by atoms with Gasteiger partial charge in [-0.2, -0.15) is 26.8 Å². The van der Waals surface area contributed by atoms with Gasteiger partial charge in [0.05, 0.1) is 18.0 Å². The van der Waals surface area contributed by atoms with Crippen molar-refractivity contribution in [2.24, 2.45) is 0 Å². The van der Waals surface area contributed by atoms with Crippen LogP contribution in [0.25, 0.3) is 5.69 Å². The molecule has 1 aliphatic heterocycles. The predicted molar refractivity (Wildman–Crippen MR) is 124 cm³/mol. The summed E-state index contributed by atoms with van der Waals surface area (Å²) in [5.41, 5.74) is -0.330. The number of hydrogen-bond donors (Lipinski definition) is 0. The molecule has 2 fully saturated rings. The zero-order chi connectivity index (χ0) is 25.2. The Kier molecular flexibility index (Phi) is 7.67. The van der Waals surface area contributed by atoms with Crippen LogP contribution >= 0.6 is 0 Å². The van der Waals surface area contributed by atoms with Gasteiger partial charge in [0.2, 0.25) is 5.75 Å². The van der Waals surface area contributed by atoms with Crippen molar-refractivity contribution in [3.05, 3.63) is 46.4 Å². The van der Waals surface area contributed by atoms with Crippen LogP contribution in [0.1, 0.15) is 25.7 Å². The van der Waals surface area contributed by atoms with E-state index in [4.69, 9.17) is 4.74 Å². The van der Waals surface area contributed by atoms with Crippen molar-refractivity contribution in [2.45, 2.75) is 31.8 Å². The molecule has 1 saturated carbocycles. The van der Waals surface area contributed by atoms with Crippen LogP contribution in [-0.4, -0.2) is 79.4 Å². The van der Waals surface area contributed by atoms with Gasteiger partial charge in [-0.25, -0.2) is 13.2 Å². The summed E-state index contributed by atoms with van der Waals surface area (Å²) in [6.07, 6.45) is 4.73. The topological polar surface area (TPSA) is 88.0 Å². The highest BCUT2D eigenvalue weighted by atomic mass is 32.2. The minimum absolute atomic E-state index is 0.0161. The molecular formula is C22H28F3N5O4S.